The van der Waals surface area contributed by atoms with Gasteiger partial charge < -0.3 is 20.5 Å². The number of rotatable bonds is 5. The van der Waals surface area contributed by atoms with Crippen molar-refractivity contribution in [3.05, 3.63) is 23.8 Å². The van der Waals surface area contributed by atoms with Crippen molar-refractivity contribution in [3.63, 3.8) is 0 Å². The zero-order valence-electron chi connectivity index (χ0n) is 12.5. The minimum atomic E-state index is -0.0561. The molecule has 1 aromatic rings. The Hall–Kier alpha value is -1.26. The normalized spacial score (nSPS) is 20.8. The summed E-state index contributed by atoms with van der Waals surface area (Å²) in [6.45, 7) is 4.32. The number of methoxy groups -OCH3 is 1. The van der Waals surface area contributed by atoms with Crippen molar-refractivity contribution in [1.29, 1.82) is 0 Å². The Morgan fingerprint density at radius 1 is 1.50 bits per heavy atom. The van der Waals surface area contributed by atoms with E-state index in [2.05, 4.69) is 11.0 Å². The zero-order valence-corrected chi connectivity index (χ0v) is 12.5. The number of hydrogen-bond acceptors (Lipinski definition) is 4. The minimum Gasteiger partial charge on any atom is -0.496 e. The molecule has 0 saturated carbocycles. The molecule has 2 atom stereocenters. The van der Waals surface area contributed by atoms with Crippen LogP contribution in [0.3, 0.4) is 0 Å². The van der Waals surface area contributed by atoms with Gasteiger partial charge in [-0.05, 0) is 44.2 Å². The fourth-order valence-corrected chi connectivity index (χ4v) is 3.15. The molecule has 1 aliphatic heterocycles. The number of aliphatic hydroxyl groups excluding tert-OH is 1. The number of nitrogens with zero attached hydrogens (tertiary/aromatic N) is 1. The van der Waals surface area contributed by atoms with Crippen molar-refractivity contribution in [2.24, 2.45) is 11.7 Å². The first kappa shape index (κ1) is 15.1. The van der Waals surface area contributed by atoms with Gasteiger partial charge in [-0.2, -0.15) is 0 Å². The summed E-state index contributed by atoms with van der Waals surface area (Å²) in [7, 11) is 1.69. The Kier molecular flexibility index (Phi) is 5.26. The van der Waals surface area contributed by atoms with Gasteiger partial charge in [0.25, 0.3) is 0 Å². The molecule has 4 heteroatoms. The summed E-state index contributed by atoms with van der Waals surface area (Å²) in [5.41, 5.74) is 8.41. The Labute approximate surface area is 121 Å². The van der Waals surface area contributed by atoms with Gasteiger partial charge in [0.2, 0.25) is 0 Å². The highest BCUT2D eigenvalue weighted by molar-refractivity contribution is 5.61. The topological polar surface area (TPSA) is 58.7 Å². The standard InChI is InChI=1S/C16H26N2O2/c1-12(17)16-14(6-3-7-15(16)20-2)18-9-4-5-13(11-18)8-10-19/h3,6-7,12-13,19H,4-5,8-11,17H2,1-2H3/t12-,13?/m0/s1. The molecule has 0 aromatic heterocycles. The molecule has 112 valence electrons. The van der Waals surface area contributed by atoms with E-state index >= 15 is 0 Å². The van der Waals surface area contributed by atoms with E-state index in [0.717, 1.165) is 30.8 Å². The number of anilines is 1. The fourth-order valence-electron chi connectivity index (χ4n) is 3.15. The molecule has 1 aliphatic rings. The maximum Gasteiger partial charge on any atom is 0.125 e. The lowest BCUT2D eigenvalue weighted by Gasteiger charge is -2.36. The second-order valence-electron chi connectivity index (χ2n) is 5.65. The largest absolute Gasteiger partial charge is 0.496 e. The lowest BCUT2D eigenvalue weighted by molar-refractivity contribution is 0.244. The fraction of sp³-hybridized carbons (Fsp3) is 0.625. The highest BCUT2D eigenvalue weighted by Crippen LogP contribution is 2.35. The zero-order chi connectivity index (χ0) is 14.5. The molecule has 1 heterocycles. The summed E-state index contributed by atoms with van der Waals surface area (Å²) in [5, 5.41) is 9.14. The monoisotopic (exact) mass is 278 g/mol. The van der Waals surface area contributed by atoms with E-state index in [1.54, 1.807) is 7.11 Å². The highest BCUT2D eigenvalue weighted by atomic mass is 16.5. The van der Waals surface area contributed by atoms with Gasteiger partial charge in [-0.15, -0.1) is 0 Å². The molecule has 0 amide bonds. The summed E-state index contributed by atoms with van der Waals surface area (Å²) in [6, 6.07) is 6.06. The molecule has 2 rings (SSSR count). The third-order valence-electron chi connectivity index (χ3n) is 4.12. The van der Waals surface area contributed by atoms with Crippen LogP contribution in [0.4, 0.5) is 5.69 Å². The number of nitrogens with two attached hydrogens (primary N) is 1. The average molecular weight is 278 g/mol. The molecule has 1 saturated heterocycles. The molecule has 1 fully saturated rings. The number of benzene rings is 1. The number of piperidine rings is 1. The van der Waals surface area contributed by atoms with Crippen LogP contribution in [-0.2, 0) is 0 Å². The first-order chi connectivity index (χ1) is 9.67. The number of ether oxygens (including phenoxy) is 1. The van der Waals surface area contributed by atoms with Gasteiger partial charge in [0.15, 0.2) is 0 Å². The maximum atomic E-state index is 9.14. The molecule has 1 unspecified atom stereocenters. The van der Waals surface area contributed by atoms with E-state index in [9.17, 15) is 0 Å². The van der Waals surface area contributed by atoms with Crippen LogP contribution in [-0.4, -0.2) is 31.9 Å². The quantitative estimate of drug-likeness (QED) is 0.868. The van der Waals surface area contributed by atoms with Gasteiger partial charge in [-0.25, -0.2) is 0 Å². The van der Waals surface area contributed by atoms with Crippen LogP contribution in [0.15, 0.2) is 18.2 Å². The predicted molar refractivity (Wildman–Crippen MR) is 82.2 cm³/mol. The van der Waals surface area contributed by atoms with E-state index in [1.165, 1.54) is 18.5 Å². The Bertz CT molecular complexity index is 432. The van der Waals surface area contributed by atoms with E-state index < -0.39 is 0 Å². The predicted octanol–water partition coefficient (Wildman–Crippen LogP) is 2.31. The Morgan fingerprint density at radius 3 is 2.95 bits per heavy atom. The molecule has 0 radical (unpaired) electrons. The molecule has 20 heavy (non-hydrogen) atoms. The summed E-state index contributed by atoms with van der Waals surface area (Å²) in [4.78, 5) is 2.39. The van der Waals surface area contributed by atoms with Gasteiger partial charge in [0.05, 0.1) is 7.11 Å². The lowest BCUT2D eigenvalue weighted by Crippen LogP contribution is -2.36. The smallest absolute Gasteiger partial charge is 0.125 e. The second kappa shape index (κ2) is 6.95. The summed E-state index contributed by atoms with van der Waals surface area (Å²) < 4.78 is 5.47. The number of hydrogen-bond donors (Lipinski definition) is 2. The van der Waals surface area contributed by atoms with E-state index in [0.29, 0.717) is 5.92 Å². The van der Waals surface area contributed by atoms with Gasteiger partial charge in [-0.1, -0.05) is 6.07 Å². The summed E-state index contributed by atoms with van der Waals surface area (Å²) in [5.74, 6) is 1.43. The van der Waals surface area contributed by atoms with Gasteiger partial charge in [0.1, 0.15) is 5.75 Å². The van der Waals surface area contributed by atoms with Crippen LogP contribution in [0.2, 0.25) is 0 Å². The van der Waals surface area contributed by atoms with Crippen molar-refractivity contribution in [2.75, 3.05) is 31.7 Å². The lowest BCUT2D eigenvalue weighted by atomic mass is 9.93. The van der Waals surface area contributed by atoms with E-state index in [4.69, 9.17) is 15.6 Å². The summed E-state index contributed by atoms with van der Waals surface area (Å²) >= 11 is 0. The third kappa shape index (κ3) is 3.25. The third-order valence-corrected chi connectivity index (χ3v) is 4.12. The minimum absolute atomic E-state index is 0.0561. The maximum absolute atomic E-state index is 9.14. The van der Waals surface area contributed by atoms with Crippen molar-refractivity contribution < 1.29 is 9.84 Å². The van der Waals surface area contributed by atoms with Gasteiger partial charge in [-0.3, -0.25) is 0 Å². The highest BCUT2D eigenvalue weighted by Gasteiger charge is 2.23. The van der Waals surface area contributed by atoms with Crippen molar-refractivity contribution in [3.8, 4) is 5.75 Å². The van der Waals surface area contributed by atoms with Crippen LogP contribution < -0.4 is 15.4 Å². The van der Waals surface area contributed by atoms with Crippen LogP contribution >= 0.6 is 0 Å². The van der Waals surface area contributed by atoms with Crippen LogP contribution in [0.1, 0.15) is 37.8 Å². The number of aliphatic hydroxyl groups is 1. The van der Waals surface area contributed by atoms with Crippen LogP contribution in [0, 0.1) is 5.92 Å². The average Bonchev–Trinajstić information content (AvgIpc) is 2.47. The van der Waals surface area contributed by atoms with Crippen molar-refractivity contribution in [1.82, 2.24) is 0 Å². The molecular formula is C16H26N2O2. The molecular weight excluding hydrogens is 252 g/mol. The van der Waals surface area contributed by atoms with Gasteiger partial charge in [0, 0.05) is 37.0 Å². The Morgan fingerprint density at radius 2 is 2.30 bits per heavy atom. The molecule has 0 bridgehead atoms. The Balaban J connectivity index is 2.27. The van der Waals surface area contributed by atoms with Crippen LogP contribution in [0.25, 0.3) is 0 Å². The van der Waals surface area contributed by atoms with E-state index in [1.807, 2.05) is 19.1 Å². The van der Waals surface area contributed by atoms with Crippen molar-refractivity contribution >= 4 is 5.69 Å². The first-order valence-electron chi connectivity index (χ1n) is 7.45. The first-order valence-corrected chi connectivity index (χ1v) is 7.45. The van der Waals surface area contributed by atoms with Crippen LogP contribution in [0.5, 0.6) is 5.75 Å². The molecule has 0 spiro atoms. The van der Waals surface area contributed by atoms with Crippen molar-refractivity contribution in [2.45, 2.75) is 32.2 Å². The second-order valence-corrected chi connectivity index (χ2v) is 5.65. The van der Waals surface area contributed by atoms with E-state index in [-0.39, 0.29) is 12.6 Å². The molecule has 1 aromatic carbocycles. The molecule has 4 nitrogen and oxygen atoms in total. The molecule has 3 N–H and O–H groups in total. The molecule has 0 aliphatic carbocycles. The van der Waals surface area contributed by atoms with Gasteiger partial charge >= 0.3 is 0 Å². The SMILES string of the molecule is COc1cccc(N2CCCC(CCO)C2)c1[C@H](C)N. The summed E-state index contributed by atoms with van der Waals surface area (Å²) in [6.07, 6.45) is 3.25.